The third-order valence-corrected chi connectivity index (χ3v) is 4.10. The molecule has 0 radical (unpaired) electrons. The van der Waals surface area contributed by atoms with Gasteiger partial charge >= 0.3 is 6.09 Å². The average molecular weight is 341 g/mol. The average Bonchev–Trinajstić information content (AvgIpc) is 2.47. The number of carbonyl (C=O) groups excluding carboxylic acids is 1. The van der Waals surface area contributed by atoms with Gasteiger partial charge in [0.05, 0.1) is 5.02 Å². The first-order valence-corrected chi connectivity index (χ1v) is 8.32. The lowest BCUT2D eigenvalue weighted by atomic mass is 10.0. The number of nitrogens with one attached hydrogen (secondary N) is 1. The molecule has 2 rings (SSSR count). The molecule has 0 aromatic heterocycles. The maximum atomic E-state index is 12.0. The monoisotopic (exact) mass is 340 g/mol. The van der Waals surface area contributed by atoms with Crippen LogP contribution in [0.5, 0.6) is 5.75 Å². The van der Waals surface area contributed by atoms with Crippen LogP contribution in [0.1, 0.15) is 39.2 Å². The van der Waals surface area contributed by atoms with Gasteiger partial charge in [0.25, 0.3) is 0 Å². The van der Waals surface area contributed by atoms with Crippen molar-refractivity contribution in [2.45, 2.75) is 51.8 Å². The third-order valence-electron chi connectivity index (χ3n) is 3.80. The molecule has 0 aliphatic carbocycles. The molecule has 0 unspecified atom stereocenters. The van der Waals surface area contributed by atoms with Crippen LogP contribution in [0.3, 0.4) is 0 Å². The number of likely N-dealkylation sites (tertiary alicyclic amines) is 1. The molecule has 6 heteroatoms. The number of phenols is 1. The van der Waals surface area contributed by atoms with E-state index in [0.29, 0.717) is 30.7 Å². The number of para-hydroxylation sites is 1. The minimum absolute atomic E-state index is 0.132. The van der Waals surface area contributed by atoms with Gasteiger partial charge in [-0.15, -0.1) is 0 Å². The number of rotatable bonds is 3. The van der Waals surface area contributed by atoms with Crippen LogP contribution in [0.25, 0.3) is 0 Å². The summed E-state index contributed by atoms with van der Waals surface area (Å²) in [5, 5.41) is 13.7. The van der Waals surface area contributed by atoms with Gasteiger partial charge in [-0.05, 0) is 39.7 Å². The smallest absolute Gasteiger partial charge is 0.410 e. The molecule has 1 fully saturated rings. The first-order chi connectivity index (χ1) is 10.8. The Labute approximate surface area is 142 Å². The van der Waals surface area contributed by atoms with Gasteiger partial charge in [-0.1, -0.05) is 23.7 Å². The van der Waals surface area contributed by atoms with Gasteiger partial charge in [-0.3, -0.25) is 0 Å². The zero-order chi connectivity index (χ0) is 17.0. The summed E-state index contributed by atoms with van der Waals surface area (Å²) in [5.74, 6) is 0.132. The second kappa shape index (κ2) is 7.41. The fraction of sp³-hybridized carbons (Fsp3) is 0.588. The van der Waals surface area contributed by atoms with Gasteiger partial charge in [0.1, 0.15) is 11.4 Å². The first kappa shape index (κ1) is 17.9. The van der Waals surface area contributed by atoms with Crippen LogP contribution in [0.15, 0.2) is 18.2 Å². The highest BCUT2D eigenvalue weighted by Gasteiger charge is 2.26. The lowest BCUT2D eigenvalue weighted by molar-refractivity contribution is 0.0198. The van der Waals surface area contributed by atoms with Crippen molar-refractivity contribution in [3.63, 3.8) is 0 Å². The number of piperidine rings is 1. The molecule has 0 spiro atoms. The van der Waals surface area contributed by atoms with Crippen molar-refractivity contribution in [1.29, 1.82) is 0 Å². The molecule has 1 saturated heterocycles. The molecule has 1 amide bonds. The predicted octanol–water partition coefficient (Wildman–Crippen LogP) is 3.53. The summed E-state index contributed by atoms with van der Waals surface area (Å²) < 4.78 is 5.39. The van der Waals surface area contributed by atoms with Crippen LogP contribution in [-0.2, 0) is 11.3 Å². The van der Waals surface area contributed by atoms with Gasteiger partial charge in [0.15, 0.2) is 0 Å². The van der Waals surface area contributed by atoms with Crippen LogP contribution in [-0.4, -0.2) is 40.8 Å². The van der Waals surface area contributed by atoms with Gasteiger partial charge < -0.3 is 20.1 Å². The molecular formula is C17H25ClN2O3. The summed E-state index contributed by atoms with van der Waals surface area (Å²) in [6, 6.07) is 5.65. The number of hydrogen-bond acceptors (Lipinski definition) is 4. The molecule has 1 aromatic rings. The molecule has 0 bridgehead atoms. The highest BCUT2D eigenvalue weighted by Crippen LogP contribution is 2.27. The molecule has 2 N–H and O–H groups in total. The lowest BCUT2D eigenvalue weighted by Gasteiger charge is -2.33. The molecule has 5 nitrogen and oxygen atoms in total. The standard InChI is InChI=1S/C17H25ClN2O3/c1-17(2,3)23-16(22)20-9-7-13(8-10-20)19-11-12-5-4-6-14(18)15(12)21/h4-6,13,19,21H,7-11H2,1-3H3. The number of hydrogen-bond donors (Lipinski definition) is 2. The van der Waals surface area contributed by atoms with Crippen LogP contribution in [0.2, 0.25) is 5.02 Å². The Morgan fingerprint density at radius 1 is 1.39 bits per heavy atom. The second-order valence-corrected chi connectivity index (χ2v) is 7.28. The SMILES string of the molecule is CC(C)(C)OC(=O)N1CCC(NCc2cccc(Cl)c2O)CC1. The van der Waals surface area contributed by atoms with E-state index in [0.717, 1.165) is 18.4 Å². The topological polar surface area (TPSA) is 61.8 Å². The Morgan fingerprint density at radius 2 is 2.04 bits per heavy atom. The molecule has 1 heterocycles. The number of ether oxygens (including phenoxy) is 1. The third kappa shape index (κ3) is 5.29. The van der Waals surface area contributed by atoms with Crippen LogP contribution < -0.4 is 5.32 Å². The van der Waals surface area contributed by atoms with Crippen molar-refractivity contribution in [2.75, 3.05) is 13.1 Å². The van der Waals surface area contributed by atoms with E-state index in [-0.39, 0.29) is 11.8 Å². The first-order valence-electron chi connectivity index (χ1n) is 7.94. The van der Waals surface area contributed by atoms with Gasteiger partial charge in [0, 0.05) is 31.2 Å². The summed E-state index contributed by atoms with van der Waals surface area (Å²) in [7, 11) is 0. The van der Waals surface area contributed by atoms with Crippen LogP contribution in [0.4, 0.5) is 4.79 Å². The van der Waals surface area contributed by atoms with E-state index in [1.807, 2.05) is 32.9 Å². The summed E-state index contributed by atoms with van der Waals surface area (Å²) in [5.41, 5.74) is 0.322. The second-order valence-electron chi connectivity index (χ2n) is 6.87. The van der Waals surface area contributed by atoms with Gasteiger partial charge in [-0.25, -0.2) is 4.79 Å². The highest BCUT2D eigenvalue weighted by molar-refractivity contribution is 6.32. The van der Waals surface area contributed by atoms with E-state index in [1.54, 1.807) is 11.0 Å². The van der Waals surface area contributed by atoms with Crippen molar-refractivity contribution >= 4 is 17.7 Å². The fourth-order valence-corrected chi connectivity index (χ4v) is 2.74. The Bertz CT molecular complexity index is 549. The van der Waals surface area contributed by atoms with Crippen LogP contribution >= 0.6 is 11.6 Å². The molecular weight excluding hydrogens is 316 g/mol. The van der Waals surface area contributed by atoms with Crippen molar-refractivity contribution in [2.24, 2.45) is 0 Å². The van der Waals surface area contributed by atoms with Crippen molar-refractivity contribution < 1.29 is 14.6 Å². The maximum Gasteiger partial charge on any atom is 0.410 e. The Morgan fingerprint density at radius 3 is 2.65 bits per heavy atom. The van der Waals surface area contributed by atoms with E-state index in [1.165, 1.54) is 0 Å². The van der Waals surface area contributed by atoms with E-state index in [4.69, 9.17) is 16.3 Å². The Hall–Kier alpha value is -1.46. The normalized spacial score (nSPS) is 16.4. The number of amides is 1. The number of halogens is 1. The molecule has 1 aliphatic rings. The molecule has 128 valence electrons. The van der Waals surface area contributed by atoms with E-state index in [2.05, 4.69) is 5.32 Å². The largest absolute Gasteiger partial charge is 0.506 e. The quantitative estimate of drug-likeness (QED) is 0.883. The molecule has 0 saturated carbocycles. The van der Waals surface area contributed by atoms with Crippen molar-refractivity contribution in [3.05, 3.63) is 28.8 Å². The minimum Gasteiger partial charge on any atom is -0.506 e. The molecule has 0 atom stereocenters. The zero-order valence-corrected chi connectivity index (χ0v) is 14.7. The Kier molecular flexibility index (Phi) is 5.76. The van der Waals surface area contributed by atoms with Crippen LogP contribution in [0, 0.1) is 0 Å². The maximum absolute atomic E-state index is 12.0. The number of carbonyl (C=O) groups is 1. The van der Waals surface area contributed by atoms with Crippen molar-refractivity contribution in [1.82, 2.24) is 10.2 Å². The predicted molar refractivity (Wildman–Crippen MR) is 90.8 cm³/mol. The van der Waals surface area contributed by atoms with Gasteiger partial charge in [-0.2, -0.15) is 0 Å². The summed E-state index contributed by atoms with van der Waals surface area (Å²) in [6.45, 7) is 7.52. The summed E-state index contributed by atoms with van der Waals surface area (Å²) >= 11 is 5.91. The van der Waals surface area contributed by atoms with Crippen molar-refractivity contribution in [3.8, 4) is 5.75 Å². The summed E-state index contributed by atoms with van der Waals surface area (Å²) in [4.78, 5) is 13.8. The molecule has 23 heavy (non-hydrogen) atoms. The summed E-state index contributed by atoms with van der Waals surface area (Å²) in [6.07, 6.45) is 1.48. The highest BCUT2D eigenvalue weighted by atomic mass is 35.5. The fourth-order valence-electron chi connectivity index (χ4n) is 2.55. The minimum atomic E-state index is -0.462. The molecule has 1 aliphatic heterocycles. The van der Waals surface area contributed by atoms with E-state index < -0.39 is 5.60 Å². The Balaban J connectivity index is 1.79. The number of benzene rings is 1. The number of phenolic OH excluding ortho intramolecular Hbond substituents is 1. The van der Waals surface area contributed by atoms with Gasteiger partial charge in [0.2, 0.25) is 0 Å². The lowest BCUT2D eigenvalue weighted by Crippen LogP contribution is -2.46. The van der Waals surface area contributed by atoms with E-state index >= 15 is 0 Å². The number of nitrogens with zero attached hydrogens (tertiary/aromatic N) is 1. The zero-order valence-electron chi connectivity index (χ0n) is 13.9. The molecule has 1 aromatic carbocycles. The number of aromatic hydroxyl groups is 1. The van der Waals surface area contributed by atoms with E-state index in [9.17, 15) is 9.90 Å².